The molecule has 0 fully saturated rings. The van der Waals surface area contributed by atoms with Gasteiger partial charge in [-0.25, -0.2) is 0 Å². The van der Waals surface area contributed by atoms with Crippen LogP contribution in [0.15, 0.2) is 23.0 Å². The van der Waals surface area contributed by atoms with Crippen LogP contribution in [0.5, 0.6) is 5.75 Å². The van der Waals surface area contributed by atoms with E-state index >= 15 is 0 Å². The Morgan fingerprint density at radius 2 is 2.22 bits per heavy atom. The number of rotatable bonds is 5. The Morgan fingerprint density at radius 3 is 2.89 bits per heavy atom. The Kier molecular flexibility index (Phi) is 4.41. The number of nitrogens with one attached hydrogen (secondary N) is 1. The summed E-state index contributed by atoms with van der Waals surface area (Å²) in [6.45, 7) is 0.788. The van der Waals surface area contributed by atoms with Gasteiger partial charge in [-0.2, -0.15) is 4.98 Å². The molecule has 0 aliphatic carbocycles. The van der Waals surface area contributed by atoms with Gasteiger partial charge in [0.15, 0.2) is 6.61 Å². The first-order chi connectivity index (χ1) is 8.70. The lowest BCUT2D eigenvalue weighted by Crippen LogP contribution is -2.08. The maximum Gasteiger partial charge on any atom is 0.213 e. The molecular weight excluding hydrogens is 277 g/mol. The molecule has 0 saturated heterocycles. The van der Waals surface area contributed by atoms with Gasteiger partial charge >= 0.3 is 0 Å². The highest BCUT2D eigenvalue weighted by molar-refractivity contribution is 6.35. The summed E-state index contributed by atoms with van der Waals surface area (Å²) in [5.41, 5.74) is 0.874. The molecule has 5 nitrogen and oxygen atoms in total. The fourth-order valence-electron chi connectivity index (χ4n) is 1.49. The second-order valence-corrected chi connectivity index (χ2v) is 4.39. The molecule has 0 amide bonds. The van der Waals surface area contributed by atoms with Gasteiger partial charge in [0.1, 0.15) is 5.75 Å². The molecule has 0 radical (unpaired) electrons. The molecule has 0 unspecified atom stereocenters. The molecule has 18 heavy (non-hydrogen) atoms. The van der Waals surface area contributed by atoms with E-state index in [9.17, 15) is 0 Å². The van der Waals surface area contributed by atoms with E-state index in [1.54, 1.807) is 12.1 Å². The molecule has 2 rings (SSSR count). The zero-order valence-corrected chi connectivity index (χ0v) is 11.1. The molecule has 7 heteroatoms. The summed E-state index contributed by atoms with van der Waals surface area (Å²) in [6, 6.07) is 3.43. The molecule has 0 aliphatic heterocycles. The molecule has 0 saturated carbocycles. The van der Waals surface area contributed by atoms with Gasteiger partial charge in [0.2, 0.25) is 12.2 Å². The Balaban J connectivity index is 2.19. The summed E-state index contributed by atoms with van der Waals surface area (Å²) in [5, 5.41) is 7.70. The van der Waals surface area contributed by atoms with E-state index < -0.39 is 0 Å². The van der Waals surface area contributed by atoms with Crippen LogP contribution >= 0.6 is 23.2 Å². The van der Waals surface area contributed by atoms with Crippen molar-refractivity contribution in [1.82, 2.24) is 15.5 Å². The minimum absolute atomic E-state index is 0.189. The molecule has 0 bridgehead atoms. The zero-order valence-electron chi connectivity index (χ0n) is 9.61. The van der Waals surface area contributed by atoms with E-state index in [1.807, 2.05) is 7.05 Å². The van der Waals surface area contributed by atoms with Crippen LogP contribution < -0.4 is 10.1 Å². The highest BCUT2D eigenvalue weighted by atomic mass is 35.5. The minimum Gasteiger partial charge on any atom is -0.484 e. The quantitative estimate of drug-likeness (QED) is 0.916. The lowest BCUT2D eigenvalue weighted by molar-refractivity contribution is 0.283. The van der Waals surface area contributed by atoms with Gasteiger partial charge in [0, 0.05) is 17.1 Å². The van der Waals surface area contributed by atoms with Crippen LogP contribution in [-0.4, -0.2) is 17.2 Å². The Bertz CT molecular complexity index is 517. The van der Waals surface area contributed by atoms with Crippen molar-refractivity contribution in [3.05, 3.63) is 40.0 Å². The van der Waals surface area contributed by atoms with Crippen molar-refractivity contribution in [3.8, 4) is 5.75 Å². The van der Waals surface area contributed by atoms with Crippen LogP contribution in [0.25, 0.3) is 0 Å². The maximum atomic E-state index is 6.11. The van der Waals surface area contributed by atoms with E-state index in [1.165, 1.54) is 6.39 Å². The van der Waals surface area contributed by atoms with E-state index in [4.69, 9.17) is 27.9 Å². The summed E-state index contributed by atoms with van der Waals surface area (Å²) in [5.74, 6) is 1.02. The SMILES string of the molecule is CNCc1cc(Cl)cc(Cl)c1OCc1ncon1. The molecule has 1 aromatic carbocycles. The van der Waals surface area contributed by atoms with Gasteiger partial charge in [-0.1, -0.05) is 28.4 Å². The zero-order chi connectivity index (χ0) is 13.0. The second kappa shape index (κ2) is 6.04. The van der Waals surface area contributed by atoms with Crippen molar-refractivity contribution in [3.63, 3.8) is 0 Å². The smallest absolute Gasteiger partial charge is 0.213 e. The first-order valence-electron chi connectivity index (χ1n) is 5.21. The van der Waals surface area contributed by atoms with Gasteiger partial charge in [0.25, 0.3) is 0 Å². The normalized spacial score (nSPS) is 10.6. The summed E-state index contributed by atoms with van der Waals surface area (Å²) in [4.78, 5) is 3.87. The van der Waals surface area contributed by atoms with Crippen LogP contribution in [0.3, 0.4) is 0 Å². The summed E-state index contributed by atoms with van der Waals surface area (Å²) in [7, 11) is 1.83. The Labute approximate surface area is 114 Å². The molecule has 1 N–H and O–H groups in total. The number of hydrogen-bond acceptors (Lipinski definition) is 5. The van der Waals surface area contributed by atoms with Gasteiger partial charge in [-0.15, -0.1) is 0 Å². The van der Waals surface area contributed by atoms with E-state index in [0.29, 0.717) is 28.2 Å². The first-order valence-corrected chi connectivity index (χ1v) is 5.97. The van der Waals surface area contributed by atoms with Crippen LogP contribution in [0.4, 0.5) is 0 Å². The number of benzene rings is 1. The molecule has 1 aromatic heterocycles. The van der Waals surface area contributed by atoms with Crippen molar-refractivity contribution >= 4 is 23.2 Å². The first kappa shape index (κ1) is 13.1. The average Bonchev–Trinajstić information content (AvgIpc) is 2.81. The topological polar surface area (TPSA) is 60.2 Å². The van der Waals surface area contributed by atoms with Crippen LogP contribution in [0.2, 0.25) is 10.0 Å². The number of nitrogens with zero attached hydrogens (tertiary/aromatic N) is 2. The number of hydrogen-bond donors (Lipinski definition) is 1. The predicted molar refractivity (Wildman–Crippen MR) is 67.9 cm³/mol. The van der Waals surface area contributed by atoms with Crippen molar-refractivity contribution in [2.24, 2.45) is 0 Å². The molecule has 0 aliphatic rings. The highest BCUT2D eigenvalue weighted by Gasteiger charge is 2.11. The minimum atomic E-state index is 0.189. The molecular formula is C11H11Cl2N3O2. The van der Waals surface area contributed by atoms with Gasteiger partial charge in [-0.05, 0) is 19.2 Å². The Morgan fingerprint density at radius 1 is 1.39 bits per heavy atom. The predicted octanol–water partition coefficient (Wildman–Crippen LogP) is 2.67. The third kappa shape index (κ3) is 3.13. The van der Waals surface area contributed by atoms with Crippen LogP contribution in [-0.2, 0) is 13.2 Å². The lowest BCUT2D eigenvalue weighted by atomic mass is 10.2. The summed E-state index contributed by atoms with van der Waals surface area (Å²) in [6.07, 6.45) is 1.25. The molecule has 2 aromatic rings. The third-order valence-electron chi connectivity index (χ3n) is 2.21. The number of aromatic nitrogens is 2. The summed E-state index contributed by atoms with van der Waals surface area (Å²) >= 11 is 12.1. The van der Waals surface area contributed by atoms with Crippen LogP contribution in [0.1, 0.15) is 11.4 Å². The monoisotopic (exact) mass is 287 g/mol. The average molecular weight is 288 g/mol. The van der Waals surface area contributed by atoms with E-state index in [0.717, 1.165) is 5.56 Å². The van der Waals surface area contributed by atoms with E-state index in [2.05, 4.69) is 20.0 Å². The second-order valence-electron chi connectivity index (χ2n) is 3.54. The van der Waals surface area contributed by atoms with Crippen molar-refractivity contribution in [2.75, 3.05) is 7.05 Å². The molecule has 96 valence electrons. The molecule has 0 spiro atoms. The van der Waals surface area contributed by atoms with Crippen molar-refractivity contribution in [2.45, 2.75) is 13.2 Å². The van der Waals surface area contributed by atoms with Crippen molar-refractivity contribution in [1.29, 1.82) is 0 Å². The maximum absolute atomic E-state index is 6.11. The van der Waals surface area contributed by atoms with Gasteiger partial charge in [0.05, 0.1) is 5.02 Å². The number of halogens is 2. The van der Waals surface area contributed by atoms with Crippen molar-refractivity contribution < 1.29 is 9.26 Å². The third-order valence-corrected chi connectivity index (χ3v) is 2.70. The van der Waals surface area contributed by atoms with E-state index in [-0.39, 0.29) is 6.61 Å². The lowest BCUT2D eigenvalue weighted by Gasteiger charge is -2.12. The van der Waals surface area contributed by atoms with Crippen LogP contribution in [0, 0.1) is 0 Å². The standard InChI is InChI=1S/C11H11Cl2N3O2/c1-14-4-7-2-8(12)3-9(13)11(7)17-5-10-15-6-18-16-10/h2-3,6,14H,4-5H2,1H3. The highest BCUT2D eigenvalue weighted by Crippen LogP contribution is 2.32. The fourth-order valence-corrected chi connectivity index (χ4v) is 2.08. The molecule has 1 heterocycles. The Hall–Kier alpha value is -1.30. The van der Waals surface area contributed by atoms with Gasteiger partial charge in [-0.3, -0.25) is 0 Å². The summed E-state index contributed by atoms with van der Waals surface area (Å²) < 4.78 is 10.2. The number of ether oxygens (including phenoxy) is 1. The fraction of sp³-hybridized carbons (Fsp3) is 0.273. The largest absolute Gasteiger partial charge is 0.484 e. The van der Waals surface area contributed by atoms with Gasteiger partial charge < -0.3 is 14.6 Å². The molecule has 0 atom stereocenters.